The van der Waals surface area contributed by atoms with E-state index in [1.54, 1.807) is 30.3 Å². The van der Waals surface area contributed by atoms with Gasteiger partial charge in [0.25, 0.3) is 0 Å². The minimum atomic E-state index is -1.01. The molecule has 0 bridgehead atoms. The molecule has 2 aliphatic rings. The first-order valence-corrected chi connectivity index (χ1v) is 10.3. The minimum Gasteiger partial charge on any atom is -0.486 e. The lowest BCUT2D eigenvalue weighted by atomic mass is 9.88. The minimum absolute atomic E-state index is 0.0783. The quantitative estimate of drug-likeness (QED) is 0.687. The maximum Gasteiger partial charge on any atom is 0.335 e. The van der Waals surface area contributed by atoms with Gasteiger partial charge in [-0.3, -0.25) is 14.5 Å². The number of hydrogen-bond acceptors (Lipinski definition) is 6. The maximum atomic E-state index is 12.9. The fraction of sp³-hybridized carbons (Fsp3) is 0.348. The van der Waals surface area contributed by atoms with Crippen LogP contribution in [-0.4, -0.2) is 60.5 Å². The highest BCUT2D eigenvalue weighted by atomic mass is 16.6. The number of ether oxygens (including phenoxy) is 2. The third-order valence-electron chi connectivity index (χ3n) is 5.57. The van der Waals surface area contributed by atoms with Gasteiger partial charge in [-0.1, -0.05) is 0 Å². The van der Waals surface area contributed by atoms with Crippen LogP contribution in [-0.2, 0) is 4.79 Å². The van der Waals surface area contributed by atoms with Gasteiger partial charge in [0.15, 0.2) is 17.3 Å². The number of anilines is 1. The Morgan fingerprint density at radius 2 is 1.58 bits per heavy atom. The summed E-state index contributed by atoms with van der Waals surface area (Å²) in [6, 6.07) is 11.4. The van der Waals surface area contributed by atoms with E-state index in [-0.39, 0.29) is 29.7 Å². The summed E-state index contributed by atoms with van der Waals surface area (Å²) in [6.07, 6.45) is 1.38. The summed E-state index contributed by atoms with van der Waals surface area (Å²) in [4.78, 5) is 38.1. The molecule has 0 unspecified atom stereocenters. The zero-order valence-corrected chi connectivity index (χ0v) is 17.0. The zero-order valence-electron chi connectivity index (χ0n) is 17.0. The molecule has 2 heterocycles. The third kappa shape index (κ3) is 5.03. The van der Waals surface area contributed by atoms with Crippen molar-refractivity contribution in [3.8, 4) is 11.5 Å². The number of amides is 1. The van der Waals surface area contributed by atoms with Crippen LogP contribution < -0.4 is 14.8 Å². The van der Waals surface area contributed by atoms with Crippen LogP contribution in [0.2, 0.25) is 0 Å². The van der Waals surface area contributed by atoms with Crippen LogP contribution in [0.15, 0.2) is 42.5 Å². The number of rotatable bonds is 6. The van der Waals surface area contributed by atoms with E-state index in [0.717, 1.165) is 0 Å². The van der Waals surface area contributed by atoms with Crippen LogP contribution in [0.5, 0.6) is 11.5 Å². The first-order chi connectivity index (χ1) is 15.0. The van der Waals surface area contributed by atoms with Crippen LogP contribution >= 0.6 is 0 Å². The van der Waals surface area contributed by atoms with E-state index in [2.05, 4.69) is 5.32 Å². The number of carbonyl (C=O) groups excluding carboxylic acids is 2. The number of nitrogens with one attached hydrogen (secondary N) is 1. The summed E-state index contributed by atoms with van der Waals surface area (Å²) in [6.45, 7) is 2.54. The molecule has 2 aliphatic heterocycles. The molecule has 1 fully saturated rings. The molecule has 0 atom stereocenters. The lowest BCUT2D eigenvalue weighted by molar-refractivity contribution is -0.117. The molecule has 4 rings (SSSR count). The highest BCUT2D eigenvalue weighted by Gasteiger charge is 2.27. The zero-order chi connectivity index (χ0) is 21.8. The average molecular weight is 424 g/mol. The van der Waals surface area contributed by atoms with Crippen molar-refractivity contribution in [2.24, 2.45) is 5.92 Å². The molecule has 2 aromatic carbocycles. The predicted molar refractivity (Wildman–Crippen MR) is 113 cm³/mol. The Labute approximate surface area is 179 Å². The molecular weight excluding hydrogens is 400 g/mol. The van der Waals surface area contributed by atoms with Gasteiger partial charge in [-0.15, -0.1) is 0 Å². The van der Waals surface area contributed by atoms with Gasteiger partial charge in [0, 0.05) is 17.2 Å². The van der Waals surface area contributed by atoms with Gasteiger partial charge in [-0.2, -0.15) is 0 Å². The Bertz CT molecular complexity index is 980. The van der Waals surface area contributed by atoms with Gasteiger partial charge in [0.2, 0.25) is 5.91 Å². The molecule has 0 spiro atoms. The topological polar surface area (TPSA) is 105 Å². The highest BCUT2D eigenvalue weighted by molar-refractivity contribution is 5.98. The van der Waals surface area contributed by atoms with Crippen LogP contribution in [0.4, 0.5) is 5.69 Å². The molecular formula is C23H24N2O6. The van der Waals surface area contributed by atoms with Crippen molar-refractivity contribution in [1.29, 1.82) is 0 Å². The Kier molecular flexibility index (Phi) is 6.18. The number of piperidine rings is 1. The summed E-state index contributed by atoms with van der Waals surface area (Å²) < 4.78 is 11.1. The second kappa shape index (κ2) is 9.18. The summed E-state index contributed by atoms with van der Waals surface area (Å²) in [5, 5.41) is 11.7. The number of nitrogens with zero attached hydrogens (tertiary/aromatic N) is 1. The van der Waals surface area contributed by atoms with Gasteiger partial charge in [-0.25, -0.2) is 4.79 Å². The molecule has 8 heteroatoms. The Morgan fingerprint density at radius 3 is 2.26 bits per heavy atom. The summed E-state index contributed by atoms with van der Waals surface area (Å²) >= 11 is 0. The van der Waals surface area contributed by atoms with E-state index < -0.39 is 5.97 Å². The fourth-order valence-electron chi connectivity index (χ4n) is 3.89. The van der Waals surface area contributed by atoms with E-state index in [1.807, 2.05) is 4.90 Å². The van der Waals surface area contributed by atoms with E-state index in [9.17, 15) is 14.4 Å². The van der Waals surface area contributed by atoms with Crippen molar-refractivity contribution in [3.05, 3.63) is 53.6 Å². The third-order valence-corrected chi connectivity index (χ3v) is 5.57. The normalized spacial score (nSPS) is 16.5. The molecule has 8 nitrogen and oxygen atoms in total. The molecule has 0 saturated carbocycles. The molecule has 2 N–H and O–H groups in total. The average Bonchev–Trinajstić information content (AvgIpc) is 2.79. The van der Waals surface area contributed by atoms with Crippen molar-refractivity contribution in [3.63, 3.8) is 0 Å². The van der Waals surface area contributed by atoms with Crippen molar-refractivity contribution < 1.29 is 29.0 Å². The summed E-state index contributed by atoms with van der Waals surface area (Å²) in [5.74, 6) is 0.125. The van der Waals surface area contributed by atoms with Gasteiger partial charge < -0.3 is 19.9 Å². The smallest absolute Gasteiger partial charge is 0.335 e. The molecule has 31 heavy (non-hydrogen) atoms. The molecule has 0 radical (unpaired) electrons. The van der Waals surface area contributed by atoms with E-state index in [0.29, 0.717) is 61.9 Å². The fourth-order valence-corrected chi connectivity index (χ4v) is 3.89. The lowest BCUT2D eigenvalue weighted by Gasteiger charge is -2.30. The van der Waals surface area contributed by atoms with E-state index >= 15 is 0 Å². The van der Waals surface area contributed by atoms with Crippen molar-refractivity contribution >= 4 is 23.3 Å². The number of Topliss-reactive ketones (excluding diaryl/α,β-unsaturated/α-hetero) is 1. The number of carboxylic acid groups (broad SMARTS) is 1. The van der Waals surface area contributed by atoms with Crippen molar-refractivity contribution in [1.82, 2.24) is 4.90 Å². The molecule has 2 aromatic rings. The number of aromatic carboxylic acids is 1. The number of hydrogen-bond donors (Lipinski definition) is 2. The highest BCUT2D eigenvalue weighted by Crippen LogP contribution is 2.32. The number of benzene rings is 2. The predicted octanol–water partition coefficient (Wildman–Crippen LogP) is 2.69. The number of carboxylic acids is 1. The second-order valence-electron chi connectivity index (χ2n) is 7.70. The molecule has 0 aromatic heterocycles. The Balaban J connectivity index is 1.27. The summed E-state index contributed by atoms with van der Waals surface area (Å²) in [7, 11) is 0. The van der Waals surface area contributed by atoms with E-state index in [4.69, 9.17) is 14.6 Å². The maximum absolute atomic E-state index is 12.9. The standard InChI is InChI=1S/C23H24N2O6/c26-21(24-18-4-1-16(2-5-18)23(28)29)14-25-9-7-15(8-10-25)22(27)17-3-6-19-20(13-17)31-12-11-30-19/h1-6,13,15H,7-12,14H2,(H,24,26)(H,28,29). The first kappa shape index (κ1) is 20.9. The number of ketones is 1. The van der Waals surface area contributed by atoms with Crippen molar-refractivity contribution in [2.45, 2.75) is 12.8 Å². The SMILES string of the molecule is O=C(CN1CCC(C(=O)c2ccc3c(c2)OCCO3)CC1)Nc1ccc(C(=O)O)cc1. The molecule has 1 amide bonds. The largest absolute Gasteiger partial charge is 0.486 e. The van der Waals surface area contributed by atoms with Gasteiger partial charge in [0.05, 0.1) is 12.1 Å². The Morgan fingerprint density at radius 1 is 0.935 bits per heavy atom. The molecule has 1 saturated heterocycles. The van der Waals surface area contributed by atoms with Crippen LogP contribution in [0.3, 0.4) is 0 Å². The van der Waals surface area contributed by atoms with Gasteiger partial charge in [0.1, 0.15) is 13.2 Å². The number of fused-ring (bicyclic) bond motifs is 1. The van der Waals surface area contributed by atoms with Gasteiger partial charge in [-0.05, 0) is 68.4 Å². The second-order valence-corrected chi connectivity index (χ2v) is 7.70. The number of carbonyl (C=O) groups is 3. The first-order valence-electron chi connectivity index (χ1n) is 10.3. The molecule has 162 valence electrons. The monoisotopic (exact) mass is 424 g/mol. The Hall–Kier alpha value is -3.39. The van der Waals surface area contributed by atoms with Crippen LogP contribution in [0.1, 0.15) is 33.6 Å². The van der Waals surface area contributed by atoms with Gasteiger partial charge >= 0.3 is 5.97 Å². The number of likely N-dealkylation sites (tertiary alicyclic amines) is 1. The van der Waals surface area contributed by atoms with Crippen molar-refractivity contribution in [2.75, 3.05) is 38.2 Å². The summed E-state index contributed by atoms with van der Waals surface area (Å²) in [5.41, 5.74) is 1.35. The van der Waals surface area contributed by atoms with Crippen LogP contribution in [0, 0.1) is 5.92 Å². The lowest BCUT2D eigenvalue weighted by Crippen LogP contribution is -2.40. The van der Waals surface area contributed by atoms with E-state index in [1.165, 1.54) is 12.1 Å². The van der Waals surface area contributed by atoms with Crippen LogP contribution in [0.25, 0.3) is 0 Å². The molecule has 0 aliphatic carbocycles.